The van der Waals surface area contributed by atoms with Gasteiger partial charge >= 0.3 is 7.82 Å². The molecule has 0 radical (unpaired) electrons. The molecule has 0 spiro atoms. The maximum absolute atomic E-state index is 12.0. The zero-order valence-corrected chi connectivity index (χ0v) is 25.9. The lowest BCUT2D eigenvalue weighted by Crippen LogP contribution is -2.37. The van der Waals surface area contributed by atoms with Crippen LogP contribution in [0.25, 0.3) is 0 Å². The average Bonchev–Trinajstić information content (AvgIpc) is 2.83. The lowest BCUT2D eigenvalue weighted by atomic mass is 10.1. The van der Waals surface area contributed by atoms with E-state index in [9.17, 15) is 9.46 Å². The average molecular weight is 551 g/mol. The zero-order chi connectivity index (χ0) is 27.7. The van der Waals surface area contributed by atoms with Gasteiger partial charge in [-0.1, -0.05) is 89.7 Å². The van der Waals surface area contributed by atoms with Crippen LogP contribution in [-0.4, -0.2) is 76.7 Å². The van der Waals surface area contributed by atoms with E-state index >= 15 is 0 Å². The maximum atomic E-state index is 12.0. The number of allylic oxidation sites excluding steroid dienone is 2. The SMILES string of the molecule is CCCCCCCCCC=CCCCCCCCCCOCC(COP(=O)(O)OCC[N+](C)(C)C)OC. The third-order valence-corrected chi connectivity index (χ3v) is 7.36. The zero-order valence-electron chi connectivity index (χ0n) is 25.0. The Morgan fingerprint density at radius 3 is 1.76 bits per heavy atom. The van der Waals surface area contributed by atoms with Crippen molar-refractivity contribution in [1.82, 2.24) is 0 Å². The van der Waals surface area contributed by atoms with E-state index in [2.05, 4.69) is 19.1 Å². The fourth-order valence-electron chi connectivity index (χ4n) is 3.85. The molecule has 0 rings (SSSR count). The number of unbranched alkanes of at least 4 members (excludes halogenated alkanes) is 14. The summed E-state index contributed by atoms with van der Waals surface area (Å²) in [5.41, 5.74) is 0. The molecule has 0 aliphatic carbocycles. The van der Waals surface area contributed by atoms with E-state index in [1.54, 1.807) is 7.11 Å². The molecule has 0 bridgehead atoms. The molecule has 7 nitrogen and oxygen atoms in total. The molecule has 37 heavy (non-hydrogen) atoms. The monoisotopic (exact) mass is 550 g/mol. The number of hydrogen-bond donors (Lipinski definition) is 1. The summed E-state index contributed by atoms with van der Waals surface area (Å²) in [5, 5.41) is 0. The molecular weight excluding hydrogens is 489 g/mol. The van der Waals surface area contributed by atoms with Crippen LogP contribution in [0.5, 0.6) is 0 Å². The molecular formula is C29H61NO6P+. The number of likely N-dealkylation sites (N-methyl/N-ethyl adjacent to an activating group) is 1. The van der Waals surface area contributed by atoms with Crippen molar-refractivity contribution in [3.63, 3.8) is 0 Å². The van der Waals surface area contributed by atoms with E-state index < -0.39 is 13.9 Å². The van der Waals surface area contributed by atoms with Crippen molar-refractivity contribution < 1.29 is 32.5 Å². The van der Waals surface area contributed by atoms with Crippen LogP contribution >= 0.6 is 7.82 Å². The van der Waals surface area contributed by atoms with E-state index in [1.807, 2.05) is 21.1 Å². The van der Waals surface area contributed by atoms with E-state index in [0.29, 0.717) is 24.2 Å². The predicted molar refractivity (Wildman–Crippen MR) is 155 cm³/mol. The number of nitrogens with zero attached hydrogens (tertiary/aromatic N) is 1. The molecule has 0 aromatic carbocycles. The summed E-state index contributed by atoms with van der Waals surface area (Å²) in [5.74, 6) is 0. The van der Waals surface area contributed by atoms with Gasteiger partial charge in [-0.2, -0.15) is 0 Å². The Morgan fingerprint density at radius 1 is 0.730 bits per heavy atom. The third-order valence-electron chi connectivity index (χ3n) is 6.38. The molecule has 0 aromatic rings. The van der Waals surface area contributed by atoms with Crippen LogP contribution in [0.4, 0.5) is 0 Å². The van der Waals surface area contributed by atoms with Crippen LogP contribution < -0.4 is 0 Å². The first-order chi connectivity index (χ1) is 17.7. The number of methoxy groups -OCH3 is 1. The van der Waals surface area contributed by atoms with Gasteiger partial charge in [0, 0.05) is 13.7 Å². The minimum Gasteiger partial charge on any atom is -0.379 e. The Kier molecular flexibility index (Phi) is 24.6. The topological polar surface area (TPSA) is 74.2 Å². The van der Waals surface area contributed by atoms with Crippen molar-refractivity contribution in [3.8, 4) is 0 Å². The molecule has 0 aliphatic rings. The fraction of sp³-hybridized carbons (Fsp3) is 0.931. The smallest absolute Gasteiger partial charge is 0.379 e. The Morgan fingerprint density at radius 2 is 1.24 bits per heavy atom. The molecule has 0 fully saturated rings. The third kappa shape index (κ3) is 28.6. The summed E-state index contributed by atoms with van der Waals surface area (Å²) >= 11 is 0. The van der Waals surface area contributed by atoms with Crippen molar-refractivity contribution >= 4 is 7.82 Å². The van der Waals surface area contributed by atoms with Crippen LogP contribution in [-0.2, 0) is 23.1 Å². The highest BCUT2D eigenvalue weighted by Gasteiger charge is 2.24. The first-order valence-electron chi connectivity index (χ1n) is 14.9. The van der Waals surface area contributed by atoms with Crippen LogP contribution in [0.15, 0.2) is 12.2 Å². The number of rotatable bonds is 28. The van der Waals surface area contributed by atoms with E-state index in [-0.39, 0.29) is 13.2 Å². The van der Waals surface area contributed by atoms with Gasteiger partial charge in [0.05, 0.1) is 34.4 Å². The van der Waals surface area contributed by atoms with Crippen LogP contribution in [0.1, 0.15) is 110 Å². The van der Waals surface area contributed by atoms with Gasteiger partial charge in [0.25, 0.3) is 0 Å². The molecule has 0 aliphatic heterocycles. The number of phosphoric ester groups is 1. The minimum absolute atomic E-state index is 0.0387. The van der Waals surface area contributed by atoms with Crippen molar-refractivity contribution in [2.24, 2.45) is 0 Å². The Hall–Kier alpha value is -0.270. The largest absolute Gasteiger partial charge is 0.472 e. The van der Waals surface area contributed by atoms with Gasteiger partial charge in [0.1, 0.15) is 19.3 Å². The first-order valence-corrected chi connectivity index (χ1v) is 16.4. The number of phosphoric acid groups is 1. The predicted octanol–water partition coefficient (Wildman–Crippen LogP) is 7.68. The summed E-state index contributed by atoms with van der Waals surface area (Å²) in [6.07, 6.45) is 25.2. The quantitative estimate of drug-likeness (QED) is 0.0466. The number of hydrogen-bond acceptors (Lipinski definition) is 5. The van der Waals surface area contributed by atoms with Crippen LogP contribution in [0.3, 0.4) is 0 Å². The van der Waals surface area contributed by atoms with Crippen molar-refractivity contribution in [2.75, 3.05) is 61.2 Å². The second-order valence-corrected chi connectivity index (χ2v) is 12.6. The first kappa shape index (κ1) is 36.7. The summed E-state index contributed by atoms with van der Waals surface area (Å²) in [4.78, 5) is 9.80. The van der Waals surface area contributed by atoms with Gasteiger partial charge < -0.3 is 18.9 Å². The highest BCUT2D eigenvalue weighted by Crippen LogP contribution is 2.43. The Balaban J connectivity index is 3.51. The highest BCUT2D eigenvalue weighted by atomic mass is 31.2. The molecule has 0 amide bonds. The molecule has 0 heterocycles. The Bertz CT molecular complexity index is 567. The molecule has 0 saturated carbocycles. The molecule has 1 N–H and O–H groups in total. The van der Waals surface area contributed by atoms with E-state index in [1.165, 1.54) is 96.3 Å². The minimum atomic E-state index is -4.08. The van der Waals surface area contributed by atoms with Gasteiger partial charge in [-0.15, -0.1) is 0 Å². The maximum Gasteiger partial charge on any atom is 0.472 e. The lowest BCUT2D eigenvalue weighted by Gasteiger charge is -2.24. The molecule has 8 heteroatoms. The number of quaternary nitrogens is 1. The summed E-state index contributed by atoms with van der Waals surface area (Å²) in [6, 6.07) is 0. The van der Waals surface area contributed by atoms with Gasteiger partial charge in [-0.05, 0) is 32.1 Å². The molecule has 222 valence electrons. The van der Waals surface area contributed by atoms with Crippen molar-refractivity contribution in [3.05, 3.63) is 12.2 Å². The normalized spacial score (nSPS) is 14.9. The second-order valence-electron chi connectivity index (χ2n) is 11.2. The van der Waals surface area contributed by atoms with Crippen LogP contribution in [0, 0.1) is 0 Å². The standard InChI is InChI=1S/C29H60NO6P/c1-6-7-8-9-10-11-12-13-14-15-16-17-18-19-20-21-22-23-25-34-27-29(33-5)28-36-37(31,32)35-26-24-30(2,3)4/h14-15,29H,6-13,16-28H2,1-5H3/p+1. The van der Waals surface area contributed by atoms with E-state index in [0.717, 1.165) is 6.42 Å². The second kappa shape index (κ2) is 24.7. The van der Waals surface area contributed by atoms with Crippen LogP contribution in [0.2, 0.25) is 0 Å². The van der Waals surface area contributed by atoms with Gasteiger partial charge in [0.2, 0.25) is 0 Å². The fourth-order valence-corrected chi connectivity index (χ4v) is 4.59. The molecule has 0 aromatic heterocycles. The molecule has 2 atom stereocenters. The highest BCUT2D eigenvalue weighted by molar-refractivity contribution is 7.47. The van der Waals surface area contributed by atoms with Crippen molar-refractivity contribution in [1.29, 1.82) is 0 Å². The Labute approximate surface area is 229 Å². The van der Waals surface area contributed by atoms with Gasteiger partial charge in [-0.25, -0.2) is 4.57 Å². The van der Waals surface area contributed by atoms with Gasteiger partial charge in [0.15, 0.2) is 0 Å². The summed E-state index contributed by atoms with van der Waals surface area (Å²) in [6.45, 7) is 4.00. The molecule has 2 unspecified atom stereocenters. The summed E-state index contributed by atoms with van der Waals surface area (Å²) < 4.78 is 33.7. The number of ether oxygens (including phenoxy) is 2. The van der Waals surface area contributed by atoms with Crippen molar-refractivity contribution in [2.45, 2.75) is 116 Å². The molecule has 0 saturated heterocycles. The summed E-state index contributed by atoms with van der Waals surface area (Å²) in [7, 11) is 3.44. The van der Waals surface area contributed by atoms with E-state index in [4.69, 9.17) is 18.5 Å². The lowest BCUT2D eigenvalue weighted by molar-refractivity contribution is -0.870. The van der Waals surface area contributed by atoms with Gasteiger partial charge in [-0.3, -0.25) is 9.05 Å².